The summed E-state index contributed by atoms with van der Waals surface area (Å²) < 4.78 is 0. The number of benzene rings is 1. The summed E-state index contributed by atoms with van der Waals surface area (Å²) in [7, 11) is 0. The van der Waals surface area contributed by atoms with E-state index in [4.69, 9.17) is 0 Å². The van der Waals surface area contributed by atoms with Gasteiger partial charge >= 0.3 is 0 Å². The van der Waals surface area contributed by atoms with E-state index < -0.39 is 0 Å². The number of aromatic nitrogens is 2. The molecule has 3 rings (SSSR count). The molecule has 0 atom stereocenters. The van der Waals surface area contributed by atoms with Crippen molar-refractivity contribution in [1.29, 1.82) is 0 Å². The zero-order chi connectivity index (χ0) is 16.8. The maximum Gasteiger partial charge on any atom is 0.220 e. The van der Waals surface area contributed by atoms with Gasteiger partial charge in [-0.05, 0) is 25.5 Å². The molecule has 0 spiro atoms. The Hall–Kier alpha value is -2.53. The SMILES string of the molecule is Cc1ccc(-c2nc(CCC(=O)NCc3ccccn3)cs2)cc1. The Morgan fingerprint density at radius 1 is 1.12 bits per heavy atom. The minimum absolute atomic E-state index is 0.0190. The number of nitrogens with zero attached hydrogens (tertiary/aromatic N) is 2. The molecule has 0 saturated heterocycles. The number of thiazole rings is 1. The second-order valence-electron chi connectivity index (χ2n) is 5.61. The summed E-state index contributed by atoms with van der Waals surface area (Å²) in [4.78, 5) is 20.8. The molecule has 0 aliphatic heterocycles. The number of amides is 1. The van der Waals surface area contributed by atoms with Gasteiger partial charge in [0.25, 0.3) is 0 Å². The van der Waals surface area contributed by atoms with Crippen molar-refractivity contribution in [1.82, 2.24) is 15.3 Å². The summed E-state index contributed by atoms with van der Waals surface area (Å²) in [5, 5.41) is 5.92. The molecule has 0 saturated carbocycles. The first kappa shape index (κ1) is 16.3. The van der Waals surface area contributed by atoms with Gasteiger partial charge in [0.1, 0.15) is 5.01 Å². The van der Waals surface area contributed by atoms with Crippen LogP contribution in [0, 0.1) is 6.92 Å². The van der Waals surface area contributed by atoms with E-state index in [1.54, 1.807) is 17.5 Å². The summed E-state index contributed by atoms with van der Waals surface area (Å²) in [6, 6.07) is 14.0. The Morgan fingerprint density at radius 3 is 2.71 bits per heavy atom. The van der Waals surface area contributed by atoms with E-state index >= 15 is 0 Å². The van der Waals surface area contributed by atoms with Gasteiger partial charge in [-0.2, -0.15) is 0 Å². The van der Waals surface area contributed by atoms with Gasteiger partial charge in [-0.25, -0.2) is 4.98 Å². The maximum absolute atomic E-state index is 11.9. The Labute approximate surface area is 145 Å². The van der Waals surface area contributed by atoms with Gasteiger partial charge in [0.2, 0.25) is 5.91 Å². The molecule has 1 amide bonds. The third kappa shape index (κ3) is 4.49. The molecule has 0 aliphatic rings. The van der Waals surface area contributed by atoms with Crippen molar-refractivity contribution in [2.45, 2.75) is 26.3 Å². The molecule has 0 unspecified atom stereocenters. The van der Waals surface area contributed by atoms with Crippen LogP contribution in [-0.2, 0) is 17.8 Å². The summed E-state index contributed by atoms with van der Waals surface area (Å²) >= 11 is 1.62. The van der Waals surface area contributed by atoms with Crippen LogP contribution in [0.4, 0.5) is 0 Å². The molecule has 1 N–H and O–H groups in total. The van der Waals surface area contributed by atoms with E-state index in [9.17, 15) is 4.79 Å². The lowest BCUT2D eigenvalue weighted by Gasteiger charge is -2.03. The molecule has 2 aromatic heterocycles. The van der Waals surface area contributed by atoms with Crippen molar-refractivity contribution >= 4 is 17.2 Å². The molecule has 0 radical (unpaired) electrons. The largest absolute Gasteiger partial charge is 0.350 e. The third-order valence-electron chi connectivity index (χ3n) is 3.65. The van der Waals surface area contributed by atoms with Gasteiger partial charge in [-0.3, -0.25) is 9.78 Å². The van der Waals surface area contributed by atoms with Crippen LogP contribution in [0.15, 0.2) is 54.0 Å². The molecule has 24 heavy (non-hydrogen) atoms. The fourth-order valence-corrected chi connectivity index (χ4v) is 3.13. The molecular formula is C19H19N3OS. The highest BCUT2D eigenvalue weighted by atomic mass is 32.1. The summed E-state index contributed by atoms with van der Waals surface area (Å²) in [6.07, 6.45) is 2.81. The smallest absolute Gasteiger partial charge is 0.220 e. The van der Waals surface area contributed by atoms with E-state index in [1.807, 2.05) is 23.6 Å². The monoisotopic (exact) mass is 337 g/mol. The zero-order valence-corrected chi connectivity index (χ0v) is 14.3. The first-order valence-electron chi connectivity index (χ1n) is 7.89. The summed E-state index contributed by atoms with van der Waals surface area (Å²) in [5.41, 5.74) is 4.18. The predicted octanol–water partition coefficient (Wildman–Crippen LogP) is 3.76. The Morgan fingerprint density at radius 2 is 1.96 bits per heavy atom. The van der Waals surface area contributed by atoms with Crippen LogP contribution in [0.2, 0.25) is 0 Å². The topological polar surface area (TPSA) is 54.9 Å². The molecule has 122 valence electrons. The molecule has 0 bridgehead atoms. The van der Waals surface area contributed by atoms with E-state index in [0.29, 0.717) is 19.4 Å². The first-order valence-corrected chi connectivity index (χ1v) is 8.77. The maximum atomic E-state index is 11.9. The Bertz CT molecular complexity index is 797. The van der Waals surface area contributed by atoms with Crippen molar-refractivity contribution in [2.24, 2.45) is 0 Å². The number of nitrogens with one attached hydrogen (secondary N) is 1. The minimum Gasteiger partial charge on any atom is -0.350 e. The van der Waals surface area contributed by atoms with Gasteiger partial charge < -0.3 is 5.32 Å². The van der Waals surface area contributed by atoms with Crippen molar-refractivity contribution < 1.29 is 4.79 Å². The van der Waals surface area contributed by atoms with Crippen LogP contribution in [0.1, 0.15) is 23.4 Å². The average molecular weight is 337 g/mol. The minimum atomic E-state index is 0.0190. The lowest BCUT2D eigenvalue weighted by Crippen LogP contribution is -2.23. The molecule has 2 heterocycles. The van der Waals surface area contributed by atoms with Crippen LogP contribution < -0.4 is 5.32 Å². The van der Waals surface area contributed by atoms with E-state index in [1.165, 1.54) is 5.56 Å². The van der Waals surface area contributed by atoms with Crippen molar-refractivity contribution in [2.75, 3.05) is 0 Å². The lowest BCUT2D eigenvalue weighted by atomic mass is 10.1. The van der Waals surface area contributed by atoms with E-state index in [0.717, 1.165) is 22.0 Å². The molecule has 5 heteroatoms. The normalized spacial score (nSPS) is 10.5. The number of rotatable bonds is 6. The third-order valence-corrected chi connectivity index (χ3v) is 4.59. The highest BCUT2D eigenvalue weighted by Gasteiger charge is 2.07. The van der Waals surface area contributed by atoms with Gasteiger partial charge in [0.05, 0.1) is 17.9 Å². The van der Waals surface area contributed by atoms with Crippen molar-refractivity contribution in [3.05, 3.63) is 71.0 Å². The number of hydrogen-bond acceptors (Lipinski definition) is 4. The molecule has 0 fully saturated rings. The molecule has 1 aromatic carbocycles. The van der Waals surface area contributed by atoms with Gasteiger partial charge in [0.15, 0.2) is 0 Å². The van der Waals surface area contributed by atoms with Crippen LogP contribution in [0.3, 0.4) is 0 Å². The second kappa shape index (κ2) is 7.84. The van der Waals surface area contributed by atoms with Crippen LogP contribution in [-0.4, -0.2) is 15.9 Å². The average Bonchev–Trinajstić information content (AvgIpc) is 3.09. The van der Waals surface area contributed by atoms with E-state index in [-0.39, 0.29) is 5.91 Å². The highest BCUT2D eigenvalue weighted by molar-refractivity contribution is 7.13. The summed E-state index contributed by atoms with van der Waals surface area (Å²) in [5.74, 6) is 0.0190. The fraction of sp³-hybridized carbons (Fsp3) is 0.211. The second-order valence-corrected chi connectivity index (χ2v) is 6.47. The quantitative estimate of drug-likeness (QED) is 0.745. The number of carbonyl (C=O) groups excluding carboxylic acids is 1. The predicted molar refractivity (Wildman–Crippen MR) is 96.7 cm³/mol. The molecule has 0 aliphatic carbocycles. The molecule has 3 aromatic rings. The Kier molecular flexibility index (Phi) is 5.33. The molecule has 4 nitrogen and oxygen atoms in total. The van der Waals surface area contributed by atoms with Crippen molar-refractivity contribution in [3.63, 3.8) is 0 Å². The van der Waals surface area contributed by atoms with Crippen molar-refractivity contribution in [3.8, 4) is 10.6 Å². The zero-order valence-electron chi connectivity index (χ0n) is 13.5. The lowest BCUT2D eigenvalue weighted by molar-refractivity contribution is -0.121. The van der Waals surface area contributed by atoms with Crippen LogP contribution in [0.5, 0.6) is 0 Å². The number of aryl methyl sites for hydroxylation is 2. The van der Waals surface area contributed by atoms with Gasteiger partial charge in [-0.1, -0.05) is 35.9 Å². The Balaban J connectivity index is 1.50. The standard InChI is InChI=1S/C19H19N3OS/c1-14-5-7-15(8-6-14)19-22-17(13-24-19)9-10-18(23)21-12-16-4-2-3-11-20-16/h2-8,11,13H,9-10,12H2,1H3,(H,21,23). The first-order chi connectivity index (χ1) is 11.7. The van der Waals surface area contributed by atoms with E-state index in [2.05, 4.69) is 46.5 Å². The van der Waals surface area contributed by atoms with Crippen LogP contribution in [0.25, 0.3) is 10.6 Å². The molecular weight excluding hydrogens is 318 g/mol. The van der Waals surface area contributed by atoms with Crippen LogP contribution >= 0.6 is 11.3 Å². The fourth-order valence-electron chi connectivity index (χ4n) is 2.27. The van der Waals surface area contributed by atoms with Gasteiger partial charge in [-0.15, -0.1) is 11.3 Å². The summed E-state index contributed by atoms with van der Waals surface area (Å²) in [6.45, 7) is 2.53. The number of hydrogen-bond donors (Lipinski definition) is 1. The highest BCUT2D eigenvalue weighted by Crippen LogP contribution is 2.24. The number of carbonyl (C=O) groups is 1. The van der Waals surface area contributed by atoms with Gasteiger partial charge in [0, 0.05) is 23.6 Å². The number of pyridine rings is 1.